The number of hydrogen-bond donors (Lipinski definition) is 1. The van der Waals surface area contributed by atoms with E-state index < -0.39 is 0 Å². The standard InChI is InChI=1S/C23H23N3O2/c1-14-11-21-22(26-23(27)28-21)19(15(14)2)10-9-18-8-7-17(13-25-18)20-6-4-3-5-16(20)12-24/h3-10,13-15,19,21-22H,11H2,1-2H3,(H,26,27)/b10-9+/t14?,15?,19?,21-,22+/m0/s1. The molecule has 0 spiro atoms. The smallest absolute Gasteiger partial charge is 0.407 e. The fraction of sp³-hybridized carbons (Fsp3) is 0.348. The number of carbonyl (C=O) groups is 1. The lowest BCUT2D eigenvalue weighted by atomic mass is 9.70. The predicted molar refractivity (Wildman–Crippen MR) is 107 cm³/mol. The average molecular weight is 373 g/mol. The topological polar surface area (TPSA) is 75.0 Å². The van der Waals surface area contributed by atoms with Crippen molar-refractivity contribution in [2.45, 2.75) is 32.4 Å². The second kappa shape index (κ2) is 7.47. The van der Waals surface area contributed by atoms with Gasteiger partial charge in [0, 0.05) is 23.2 Å². The molecule has 1 saturated carbocycles. The van der Waals surface area contributed by atoms with Gasteiger partial charge in [-0.1, -0.05) is 44.2 Å². The minimum atomic E-state index is -0.312. The summed E-state index contributed by atoms with van der Waals surface area (Å²) in [6, 6.07) is 13.7. The number of aromatic nitrogens is 1. The molecule has 1 aliphatic heterocycles. The van der Waals surface area contributed by atoms with E-state index in [4.69, 9.17) is 4.74 Å². The summed E-state index contributed by atoms with van der Waals surface area (Å²) in [7, 11) is 0. The molecule has 1 aliphatic carbocycles. The molecule has 0 radical (unpaired) electrons. The number of hydrogen-bond acceptors (Lipinski definition) is 4. The van der Waals surface area contributed by atoms with E-state index in [-0.39, 0.29) is 24.2 Å². The molecule has 2 heterocycles. The lowest BCUT2D eigenvalue weighted by Crippen LogP contribution is -2.47. The van der Waals surface area contributed by atoms with E-state index >= 15 is 0 Å². The van der Waals surface area contributed by atoms with Gasteiger partial charge in [-0.2, -0.15) is 5.26 Å². The minimum Gasteiger partial charge on any atom is -0.444 e. The van der Waals surface area contributed by atoms with Gasteiger partial charge in [0.2, 0.25) is 0 Å². The summed E-state index contributed by atoms with van der Waals surface area (Å²) in [5.74, 6) is 1.14. The van der Waals surface area contributed by atoms with Crippen molar-refractivity contribution in [3.63, 3.8) is 0 Å². The SMILES string of the molecule is CC1C[C@@H]2OC(=O)N[C@@H]2C(/C=C/c2ccc(-c3ccccc3C#N)cn2)C1C. The van der Waals surface area contributed by atoms with Crippen LogP contribution in [0.15, 0.2) is 48.7 Å². The molecule has 1 aromatic carbocycles. The molecular formula is C23H23N3O2. The van der Waals surface area contributed by atoms with E-state index in [1.165, 1.54) is 0 Å². The third kappa shape index (κ3) is 3.38. The van der Waals surface area contributed by atoms with E-state index in [0.717, 1.165) is 23.2 Å². The van der Waals surface area contributed by atoms with E-state index in [1.807, 2.05) is 42.5 Å². The van der Waals surface area contributed by atoms with Gasteiger partial charge in [0.25, 0.3) is 0 Å². The Morgan fingerprint density at radius 1 is 1.25 bits per heavy atom. The number of ether oxygens (including phenoxy) is 1. The van der Waals surface area contributed by atoms with Crippen LogP contribution in [0.5, 0.6) is 0 Å². The van der Waals surface area contributed by atoms with Crippen LogP contribution in [-0.2, 0) is 4.74 Å². The molecule has 4 rings (SSSR count). The summed E-state index contributed by atoms with van der Waals surface area (Å²) in [4.78, 5) is 16.2. The Morgan fingerprint density at radius 2 is 2.07 bits per heavy atom. The van der Waals surface area contributed by atoms with Crippen molar-refractivity contribution in [3.8, 4) is 17.2 Å². The third-order valence-electron chi connectivity index (χ3n) is 6.10. The van der Waals surface area contributed by atoms with Crippen LogP contribution in [0, 0.1) is 29.1 Å². The molecular weight excluding hydrogens is 350 g/mol. The van der Waals surface area contributed by atoms with Crippen molar-refractivity contribution in [1.82, 2.24) is 10.3 Å². The summed E-state index contributed by atoms with van der Waals surface area (Å²) in [5, 5.41) is 12.3. The summed E-state index contributed by atoms with van der Waals surface area (Å²) in [6.07, 6.45) is 6.50. The molecule has 2 aliphatic rings. The van der Waals surface area contributed by atoms with E-state index in [0.29, 0.717) is 17.4 Å². The maximum absolute atomic E-state index is 11.7. The Morgan fingerprint density at radius 3 is 2.82 bits per heavy atom. The first-order valence-electron chi connectivity index (χ1n) is 9.67. The number of pyridine rings is 1. The highest BCUT2D eigenvalue weighted by Gasteiger charge is 2.46. The second-order valence-corrected chi connectivity index (χ2v) is 7.75. The van der Waals surface area contributed by atoms with Gasteiger partial charge in [0.15, 0.2) is 0 Å². The molecule has 5 atom stereocenters. The van der Waals surface area contributed by atoms with Gasteiger partial charge in [-0.05, 0) is 36.5 Å². The number of nitrogens with one attached hydrogen (secondary N) is 1. The van der Waals surface area contributed by atoms with Gasteiger partial charge in [0.1, 0.15) is 6.10 Å². The van der Waals surface area contributed by atoms with Crippen molar-refractivity contribution < 1.29 is 9.53 Å². The zero-order valence-electron chi connectivity index (χ0n) is 16.0. The molecule has 2 fully saturated rings. The molecule has 1 N–H and O–H groups in total. The Bertz CT molecular complexity index is 945. The van der Waals surface area contributed by atoms with Gasteiger partial charge >= 0.3 is 6.09 Å². The minimum absolute atomic E-state index is 0.0247. The van der Waals surface area contributed by atoms with E-state index in [1.54, 1.807) is 6.20 Å². The molecule has 1 amide bonds. The number of carbonyl (C=O) groups excluding carboxylic acids is 1. The highest BCUT2D eigenvalue weighted by Crippen LogP contribution is 2.39. The van der Waals surface area contributed by atoms with Crippen LogP contribution < -0.4 is 5.32 Å². The van der Waals surface area contributed by atoms with Crippen LogP contribution in [0.1, 0.15) is 31.5 Å². The Labute approximate surface area is 165 Å². The van der Waals surface area contributed by atoms with Gasteiger partial charge in [-0.25, -0.2) is 4.79 Å². The lowest BCUT2D eigenvalue weighted by Gasteiger charge is -2.39. The van der Waals surface area contributed by atoms with E-state index in [2.05, 4.69) is 36.3 Å². The first kappa shape index (κ1) is 18.2. The zero-order chi connectivity index (χ0) is 19.7. The molecule has 3 unspecified atom stereocenters. The second-order valence-electron chi connectivity index (χ2n) is 7.75. The molecule has 142 valence electrons. The number of nitriles is 1. The van der Waals surface area contributed by atoms with Crippen molar-refractivity contribution in [1.29, 1.82) is 5.26 Å². The van der Waals surface area contributed by atoms with Crippen LogP contribution in [0.3, 0.4) is 0 Å². The van der Waals surface area contributed by atoms with Crippen LogP contribution >= 0.6 is 0 Å². The first-order chi connectivity index (χ1) is 13.6. The maximum atomic E-state index is 11.7. The molecule has 28 heavy (non-hydrogen) atoms. The number of benzene rings is 1. The third-order valence-corrected chi connectivity index (χ3v) is 6.10. The fourth-order valence-electron chi connectivity index (χ4n) is 4.30. The average Bonchev–Trinajstić information content (AvgIpc) is 3.08. The highest BCUT2D eigenvalue weighted by molar-refractivity contribution is 5.71. The van der Waals surface area contributed by atoms with Gasteiger partial charge in [-0.15, -0.1) is 0 Å². The summed E-state index contributed by atoms with van der Waals surface area (Å²) >= 11 is 0. The van der Waals surface area contributed by atoms with Crippen molar-refractivity contribution in [2.75, 3.05) is 0 Å². The molecule has 5 heteroatoms. The Balaban J connectivity index is 1.54. The fourth-order valence-corrected chi connectivity index (χ4v) is 4.30. The van der Waals surface area contributed by atoms with Crippen LogP contribution in [0.2, 0.25) is 0 Å². The van der Waals surface area contributed by atoms with Crippen molar-refractivity contribution >= 4 is 12.2 Å². The maximum Gasteiger partial charge on any atom is 0.407 e. The number of amides is 1. The zero-order valence-corrected chi connectivity index (χ0v) is 16.0. The van der Waals surface area contributed by atoms with Crippen molar-refractivity contribution in [3.05, 3.63) is 59.9 Å². The lowest BCUT2D eigenvalue weighted by molar-refractivity contribution is 0.0575. The van der Waals surface area contributed by atoms with Gasteiger partial charge < -0.3 is 10.1 Å². The first-order valence-corrected chi connectivity index (χ1v) is 9.67. The van der Waals surface area contributed by atoms with Crippen LogP contribution in [0.25, 0.3) is 17.2 Å². The molecule has 1 saturated heterocycles. The summed E-state index contributed by atoms with van der Waals surface area (Å²) < 4.78 is 5.43. The molecule has 0 bridgehead atoms. The normalized spacial score (nSPS) is 29.0. The Kier molecular flexibility index (Phi) is 4.87. The van der Waals surface area contributed by atoms with E-state index in [9.17, 15) is 10.1 Å². The summed E-state index contributed by atoms with van der Waals surface area (Å²) in [5.41, 5.74) is 3.30. The number of rotatable bonds is 3. The molecule has 2 aromatic rings. The van der Waals surface area contributed by atoms with Crippen LogP contribution in [0.4, 0.5) is 4.79 Å². The van der Waals surface area contributed by atoms with Crippen LogP contribution in [-0.4, -0.2) is 23.2 Å². The summed E-state index contributed by atoms with van der Waals surface area (Å²) in [6.45, 7) is 4.45. The molecule has 1 aromatic heterocycles. The monoisotopic (exact) mass is 373 g/mol. The quantitative estimate of drug-likeness (QED) is 0.865. The van der Waals surface area contributed by atoms with Crippen molar-refractivity contribution in [2.24, 2.45) is 17.8 Å². The number of alkyl carbamates (subject to hydrolysis) is 1. The Hall–Kier alpha value is -3.13. The van der Waals surface area contributed by atoms with Gasteiger partial charge in [0.05, 0.1) is 23.4 Å². The molecule has 5 nitrogen and oxygen atoms in total. The largest absolute Gasteiger partial charge is 0.444 e. The highest BCUT2D eigenvalue weighted by atomic mass is 16.6. The number of fused-ring (bicyclic) bond motifs is 1. The predicted octanol–water partition coefficient (Wildman–Crippen LogP) is 4.40. The van der Waals surface area contributed by atoms with Gasteiger partial charge in [-0.3, -0.25) is 4.98 Å². The number of nitrogens with zero attached hydrogens (tertiary/aromatic N) is 2.